The minimum absolute atomic E-state index is 0. The normalized spacial score (nSPS) is 11.8. The van der Waals surface area contributed by atoms with Crippen LogP contribution >= 0.6 is 24.0 Å². The first-order valence-corrected chi connectivity index (χ1v) is 12.7. The van der Waals surface area contributed by atoms with E-state index in [4.69, 9.17) is 0 Å². The summed E-state index contributed by atoms with van der Waals surface area (Å²) < 4.78 is 22.8. The van der Waals surface area contributed by atoms with Gasteiger partial charge in [0.1, 0.15) is 0 Å². The molecule has 0 bridgehead atoms. The molecular weight excluding hydrogens is 521 g/mol. The van der Waals surface area contributed by atoms with Crippen LogP contribution in [0.4, 0.5) is 0 Å². The number of sulfone groups is 1. The number of nitrogens with one attached hydrogen (secondary N) is 2. The Morgan fingerprint density at radius 3 is 2.06 bits per heavy atom. The molecule has 2 rings (SSSR count). The van der Waals surface area contributed by atoms with E-state index in [0.29, 0.717) is 12.5 Å². The van der Waals surface area contributed by atoms with Crippen molar-refractivity contribution in [3.8, 4) is 0 Å². The van der Waals surface area contributed by atoms with Gasteiger partial charge >= 0.3 is 0 Å². The molecule has 0 saturated carbocycles. The largest absolute Gasteiger partial charge is 0.357 e. The molecule has 0 fully saturated rings. The van der Waals surface area contributed by atoms with Crippen molar-refractivity contribution in [2.75, 3.05) is 19.3 Å². The first-order valence-electron chi connectivity index (χ1n) is 10.6. The van der Waals surface area contributed by atoms with Crippen LogP contribution in [0.1, 0.15) is 55.4 Å². The highest BCUT2D eigenvalue weighted by Gasteiger charge is 2.04. The summed E-state index contributed by atoms with van der Waals surface area (Å²) in [7, 11) is -3.01. The van der Waals surface area contributed by atoms with E-state index < -0.39 is 9.84 Å². The van der Waals surface area contributed by atoms with Crippen molar-refractivity contribution in [3.63, 3.8) is 0 Å². The standard InChI is InChI=1S/C24H35N3O2S.HI/c1-5-25-24(26-16-6-7-20-12-14-23(15-13-20)19(2)3)27-17-21-8-10-22(11-9-21)18-30(4,28)29;/h8-15,19H,5-7,16-18H2,1-4H3,(H2,25,26,27);1H. The minimum atomic E-state index is -3.01. The fourth-order valence-corrected chi connectivity index (χ4v) is 3.92. The molecule has 0 heterocycles. The molecule has 2 aromatic rings. The lowest BCUT2D eigenvalue weighted by molar-refractivity contribution is 0.601. The molecule has 0 aromatic heterocycles. The Bertz CT molecular complexity index is 909. The molecule has 0 amide bonds. The second kappa shape index (κ2) is 13.7. The average Bonchev–Trinajstić information content (AvgIpc) is 2.69. The number of aliphatic imine (C=N–C) groups is 1. The number of nitrogens with zero attached hydrogens (tertiary/aromatic N) is 1. The first-order chi connectivity index (χ1) is 14.3. The van der Waals surface area contributed by atoms with Gasteiger partial charge in [-0.3, -0.25) is 0 Å². The maximum absolute atomic E-state index is 11.4. The van der Waals surface area contributed by atoms with Gasteiger partial charge in [-0.15, -0.1) is 24.0 Å². The molecule has 0 unspecified atom stereocenters. The Morgan fingerprint density at radius 1 is 0.935 bits per heavy atom. The van der Waals surface area contributed by atoms with Gasteiger partial charge in [-0.05, 0) is 47.9 Å². The highest BCUT2D eigenvalue weighted by atomic mass is 127. The summed E-state index contributed by atoms with van der Waals surface area (Å²) in [5.74, 6) is 1.43. The van der Waals surface area contributed by atoms with E-state index in [0.717, 1.165) is 43.0 Å². The summed E-state index contributed by atoms with van der Waals surface area (Å²) >= 11 is 0. The van der Waals surface area contributed by atoms with Gasteiger partial charge in [0.15, 0.2) is 15.8 Å². The molecule has 2 aromatic carbocycles. The predicted octanol–water partition coefficient (Wildman–Crippen LogP) is 4.66. The average molecular weight is 558 g/mol. The molecule has 172 valence electrons. The van der Waals surface area contributed by atoms with Gasteiger partial charge in [0, 0.05) is 19.3 Å². The molecule has 2 N–H and O–H groups in total. The number of benzene rings is 2. The smallest absolute Gasteiger partial charge is 0.191 e. The topological polar surface area (TPSA) is 70.6 Å². The van der Waals surface area contributed by atoms with Gasteiger partial charge in [0.05, 0.1) is 12.3 Å². The van der Waals surface area contributed by atoms with Crippen molar-refractivity contribution in [2.24, 2.45) is 4.99 Å². The van der Waals surface area contributed by atoms with Gasteiger partial charge in [-0.25, -0.2) is 13.4 Å². The van der Waals surface area contributed by atoms with E-state index in [1.807, 2.05) is 31.2 Å². The second-order valence-electron chi connectivity index (χ2n) is 8.01. The highest BCUT2D eigenvalue weighted by Crippen LogP contribution is 2.15. The van der Waals surface area contributed by atoms with Crippen LogP contribution in [0.25, 0.3) is 0 Å². The Kier molecular flexibility index (Phi) is 12.1. The van der Waals surface area contributed by atoms with E-state index in [-0.39, 0.29) is 29.7 Å². The van der Waals surface area contributed by atoms with Gasteiger partial charge in [-0.2, -0.15) is 0 Å². The molecule has 0 radical (unpaired) electrons. The van der Waals surface area contributed by atoms with E-state index >= 15 is 0 Å². The Balaban J connectivity index is 0.00000480. The van der Waals surface area contributed by atoms with Crippen LogP contribution in [-0.4, -0.2) is 33.7 Å². The van der Waals surface area contributed by atoms with Crippen LogP contribution in [0.2, 0.25) is 0 Å². The lowest BCUT2D eigenvalue weighted by Crippen LogP contribution is -2.37. The van der Waals surface area contributed by atoms with Crippen LogP contribution in [-0.2, 0) is 28.6 Å². The summed E-state index contributed by atoms with van der Waals surface area (Å²) in [4.78, 5) is 4.64. The third kappa shape index (κ3) is 11.0. The molecule has 0 atom stereocenters. The fourth-order valence-electron chi connectivity index (χ4n) is 3.12. The summed E-state index contributed by atoms with van der Waals surface area (Å²) in [6, 6.07) is 16.5. The van der Waals surface area contributed by atoms with Crippen LogP contribution in [0.3, 0.4) is 0 Å². The van der Waals surface area contributed by atoms with Crippen LogP contribution in [0, 0.1) is 0 Å². The van der Waals surface area contributed by atoms with Crippen LogP contribution in [0.15, 0.2) is 53.5 Å². The molecule has 0 aliphatic heterocycles. The molecular formula is C24H36IN3O2S. The molecule has 0 aliphatic rings. The van der Waals surface area contributed by atoms with E-state index in [2.05, 4.69) is 53.7 Å². The second-order valence-corrected chi connectivity index (χ2v) is 10.1. The monoisotopic (exact) mass is 557 g/mol. The molecule has 0 saturated heterocycles. The van der Waals surface area contributed by atoms with Crippen molar-refractivity contribution >= 4 is 39.8 Å². The quantitative estimate of drug-likeness (QED) is 0.193. The van der Waals surface area contributed by atoms with E-state index in [1.54, 1.807) is 0 Å². The minimum Gasteiger partial charge on any atom is -0.357 e. The number of aryl methyl sites for hydroxylation is 1. The van der Waals surface area contributed by atoms with E-state index in [1.165, 1.54) is 17.4 Å². The van der Waals surface area contributed by atoms with Crippen molar-refractivity contribution in [2.45, 2.75) is 51.8 Å². The van der Waals surface area contributed by atoms with Crippen molar-refractivity contribution in [1.82, 2.24) is 10.6 Å². The molecule has 0 spiro atoms. The van der Waals surface area contributed by atoms with Gasteiger partial charge < -0.3 is 10.6 Å². The van der Waals surface area contributed by atoms with Crippen molar-refractivity contribution in [1.29, 1.82) is 0 Å². The number of halogens is 1. The van der Waals surface area contributed by atoms with E-state index in [9.17, 15) is 8.42 Å². The number of hydrogen-bond donors (Lipinski definition) is 2. The summed E-state index contributed by atoms with van der Waals surface area (Å²) in [6.07, 6.45) is 3.32. The summed E-state index contributed by atoms with van der Waals surface area (Å²) in [5.41, 5.74) is 4.59. The number of guanidine groups is 1. The third-order valence-electron chi connectivity index (χ3n) is 4.80. The van der Waals surface area contributed by atoms with Crippen LogP contribution in [0.5, 0.6) is 0 Å². The molecule has 0 aliphatic carbocycles. The zero-order valence-electron chi connectivity index (χ0n) is 19.0. The Morgan fingerprint density at radius 2 is 1.52 bits per heavy atom. The maximum Gasteiger partial charge on any atom is 0.191 e. The molecule has 5 nitrogen and oxygen atoms in total. The van der Waals surface area contributed by atoms with Gasteiger partial charge in [0.2, 0.25) is 0 Å². The number of hydrogen-bond acceptors (Lipinski definition) is 3. The fraction of sp³-hybridized carbons (Fsp3) is 0.458. The van der Waals surface area contributed by atoms with Crippen molar-refractivity contribution in [3.05, 3.63) is 70.8 Å². The third-order valence-corrected chi connectivity index (χ3v) is 5.65. The Labute approximate surface area is 205 Å². The first kappa shape index (κ1) is 27.4. The van der Waals surface area contributed by atoms with Crippen LogP contribution < -0.4 is 10.6 Å². The van der Waals surface area contributed by atoms with Crippen molar-refractivity contribution < 1.29 is 8.42 Å². The lowest BCUT2D eigenvalue weighted by Gasteiger charge is -2.12. The SMILES string of the molecule is CCNC(=NCc1ccc(CS(C)(=O)=O)cc1)NCCCc1ccc(C(C)C)cc1.I. The van der Waals surface area contributed by atoms with Gasteiger partial charge in [0.25, 0.3) is 0 Å². The molecule has 7 heteroatoms. The predicted molar refractivity (Wildman–Crippen MR) is 142 cm³/mol. The Hall–Kier alpha value is -1.61. The molecule has 31 heavy (non-hydrogen) atoms. The maximum atomic E-state index is 11.4. The zero-order chi connectivity index (χ0) is 22.0. The number of rotatable bonds is 10. The highest BCUT2D eigenvalue weighted by molar-refractivity contribution is 14.0. The summed E-state index contributed by atoms with van der Waals surface area (Å²) in [6.45, 7) is 8.68. The summed E-state index contributed by atoms with van der Waals surface area (Å²) in [5, 5.41) is 6.67. The zero-order valence-corrected chi connectivity index (χ0v) is 22.2. The lowest BCUT2D eigenvalue weighted by atomic mass is 10.0. The van der Waals surface area contributed by atoms with Gasteiger partial charge in [-0.1, -0.05) is 62.4 Å².